The normalized spacial score (nSPS) is 17.7. The highest BCUT2D eigenvalue weighted by Crippen LogP contribution is 2.24. The van der Waals surface area contributed by atoms with Crippen molar-refractivity contribution in [2.45, 2.75) is 19.3 Å². The molecule has 1 aromatic heterocycles. The van der Waals surface area contributed by atoms with Gasteiger partial charge in [-0.3, -0.25) is 19.0 Å². The summed E-state index contributed by atoms with van der Waals surface area (Å²) in [4.78, 5) is 63.5. The van der Waals surface area contributed by atoms with Gasteiger partial charge in [0.05, 0.1) is 17.9 Å². The maximum Gasteiger partial charge on any atom is 0.343 e. The predicted molar refractivity (Wildman–Crippen MR) is 116 cm³/mol. The molecule has 0 aliphatic carbocycles. The summed E-state index contributed by atoms with van der Waals surface area (Å²) < 4.78 is 25.7. The summed E-state index contributed by atoms with van der Waals surface area (Å²) in [6.07, 6.45) is -0.902. The van der Waals surface area contributed by atoms with Gasteiger partial charge in [-0.05, 0) is 37.3 Å². The number of esters is 1. The zero-order chi connectivity index (χ0) is 24.4. The molecule has 172 valence electrons. The van der Waals surface area contributed by atoms with Crippen LogP contribution >= 0.6 is 0 Å². The molecule has 0 amide bonds. The monoisotopic (exact) mass is 464 g/mol. The van der Waals surface area contributed by atoms with E-state index in [1.165, 1.54) is 49.4 Å². The molecule has 0 bridgehead atoms. The summed E-state index contributed by atoms with van der Waals surface area (Å²) in [5, 5.41) is 0. The number of ether oxygens (including phenoxy) is 2. The molecular formula is C24H17FN2O7. The predicted octanol–water partition coefficient (Wildman–Crippen LogP) is 2.06. The molecule has 2 heterocycles. The largest absolute Gasteiger partial charge is 0.419 e. The van der Waals surface area contributed by atoms with Crippen LogP contribution in [-0.4, -0.2) is 32.9 Å². The number of benzene rings is 2. The molecule has 0 radical (unpaired) electrons. The van der Waals surface area contributed by atoms with Crippen LogP contribution < -0.4 is 11.2 Å². The van der Waals surface area contributed by atoms with Crippen molar-refractivity contribution < 1.29 is 28.2 Å². The number of Topliss-reactive ketones (excluding diaryl/α,β-unsaturated/α-hetero) is 1. The highest BCUT2D eigenvalue weighted by Gasteiger charge is 2.36. The number of halogens is 1. The zero-order valence-electron chi connectivity index (χ0n) is 17.7. The Hall–Kier alpha value is -4.44. The second kappa shape index (κ2) is 9.20. The van der Waals surface area contributed by atoms with Gasteiger partial charge in [-0.15, -0.1) is 0 Å². The van der Waals surface area contributed by atoms with Gasteiger partial charge in [-0.25, -0.2) is 9.59 Å². The van der Waals surface area contributed by atoms with Crippen LogP contribution in [0, 0.1) is 5.82 Å². The van der Waals surface area contributed by atoms with Crippen molar-refractivity contribution in [1.82, 2.24) is 9.13 Å². The number of hydrogen-bond acceptors (Lipinski definition) is 7. The number of nitrogens with zero attached hydrogens (tertiary/aromatic N) is 2. The Kier molecular flexibility index (Phi) is 6.15. The topological polar surface area (TPSA) is 114 Å². The molecule has 2 unspecified atom stereocenters. The summed E-state index contributed by atoms with van der Waals surface area (Å²) in [5.41, 5.74) is -2.63. The fourth-order valence-electron chi connectivity index (χ4n) is 3.33. The van der Waals surface area contributed by atoms with Crippen LogP contribution in [0.2, 0.25) is 0 Å². The number of carbonyl (C=O) groups excluding carboxylic acids is 3. The molecule has 1 aliphatic heterocycles. The van der Waals surface area contributed by atoms with E-state index in [1.54, 1.807) is 24.3 Å². The van der Waals surface area contributed by atoms with Gasteiger partial charge in [-0.1, -0.05) is 36.4 Å². The third-order valence-electron chi connectivity index (χ3n) is 4.96. The SMILES string of the molecule is CC1C=C(OC(=O)c2ccccc2)C(=O)C(n2cc(F)c(=O)n(C(=O)c3ccccc3)c2=O)O1. The molecular weight excluding hydrogens is 447 g/mol. The fraction of sp³-hybridized carbons (Fsp3) is 0.125. The molecule has 4 rings (SSSR count). The molecule has 10 heteroatoms. The maximum atomic E-state index is 14.5. The van der Waals surface area contributed by atoms with Gasteiger partial charge in [0.1, 0.15) is 0 Å². The van der Waals surface area contributed by atoms with Gasteiger partial charge < -0.3 is 9.47 Å². The summed E-state index contributed by atoms with van der Waals surface area (Å²) in [7, 11) is 0. The van der Waals surface area contributed by atoms with Crippen molar-refractivity contribution in [2.24, 2.45) is 0 Å². The number of carbonyl (C=O) groups is 3. The lowest BCUT2D eigenvalue weighted by molar-refractivity contribution is -0.142. The first-order valence-electron chi connectivity index (χ1n) is 10.1. The molecule has 9 nitrogen and oxygen atoms in total. The quantitative estimate of drug-likeness (QED) is 0.543. The van der Waals surface area contributed by atoms with Crippen LogP contribution in [-0.2, 0) is 14.3 Å². The minimum absolute atomic E-state index is 0.0412. The number of ketones is 1. The van der Waals surface area contributed by atoms with Crippen molar-refractivity contribution in [3.63, 3.8) is 0 Å². The van der Waals surface area contributed by atoms with Crippen LogP contribution in [0.25, 0.3) is 0 Å². The number of rotatable bonds is 4. The lowest BCUT2D eigenvalue weighted by atomic mass is 10.1. The van der Waals surface area contributed by atoms with Crippen molar-refractivity contribution in [2.75, 3.05) is 0 Å². The van der Waals surface area contributed by atoms with Gasteiger partial charge in [-0.2, -0.15) is 8.96 Å². The minimum atomic E-state index is -1.78. The fourth-order valence-corrected chi connectivity index (χ4v) is 3.33. The first-order chi connectivity index (χ1) is 16.3. The standard InChI is InChI=1S/C24H17FN2O7/c1-14-12-18(34-23(31)16-10-6-3-7-11-16)19(28)22(33-14)26-13-17(25)21(30)27(24(26)32)20(29)15-8-4-2-5-9-15/h2-14,22H,1H3. The molecule has 0 spiro atoms. The van der Waals surface area contributed by atoms with Crippen molar-refractivity contribution in [1.29, 1.82) is 0 Å². The maximum absolute atomic E-state index is 14.5. The molecule has 2 atom stereocenters. The zero-order valence-corrected chi connectivity index (χ0v) is 17.7. The van der Waals surface area contributed by atoms with E-state index in [2.05, 4.69) is 0 Å². The summed E-state index contributed by atoms with van der Waals surface area (Å²) in [6.45, 7) is 1.50. The molecule has 0 saturated heterocycles. The molecule has 0 saturated carbocycles. The number of aromatic nitrogens is 2. The van der Waals surface area contributed by atoms with Gasteiger partial charge in [0.2, 0.25) is 17.8 Å². The van der Waals surface area contributed by atoms with Gasteiger partial charge in [0, 0.05) is 5.56 Å². The average Bonchev–Trinajstić information content (AvgIpc) is 2.84. The third-order valence-corrected chi connectivity index (χ3v) is 4.96. The molecule has 2 aromatic carbocycles. The lowest BCUT2D eigenvalue weighted by Crippen LogP contribution is -2.48. The summed E-state index contributed by atoms with van der Waals surface area (Å²) in [5.74, 6) is -4.74. The van der Waals surface area contributed by atoms with Crippen LogP contribution in [0.4, 0.5) is 4.39 Å². The lowest BCUT2D eigenvalue weighted by Gasteiger charge is -2.27. The Balaban J connectivity index is 1.72. The van der Waals surface area contributed by atoms with Gasteiger partial charge in [0.25, 0.3) is 11.5 Å². The summed E-state index contributed by atoms with van der Waals surface area (Å²) >= 11 is 0. The van der Waals surface area contributed by atoms with Crippen molar-refractivity contribution in [3.05, 3.63) is 116 Å². The van der Waals surface area contributed by atoms with E-state index < -0.39 is 52.8 Å². The number of hydrogen-bond donors (Lipinski definition) is 0. The van der Waals surface area contributed by atoms with E-state index >= 15 is 0 Å². The molecule has 1 aliphatic rings. The third kappa shape index (κ3) is 4.26. The molecule has 34 heavy (non-hydrogen) atoms. The Morgan fingerprint density at radius 3 is 2.15 bits per heavy atom. The molecule has 0 N–H and O–H groups in total. The first-order valence-corrected chi connectivity index (χ1v) is 10.1. The minimum Gasteiger partial charge on any atom is -0.419 e. The Labute approximate surface area is 191 Å². The molecule has 3 aromatic rings. The van der Waals surface area contributed by atoms with Gasteiger partial charge in [0.15, 0.2) is 5.76 Å². The van der Waals surface area contributed by atoms with Gasteiger partial charge >= 0.3 is 11.7 Å². The Bertz CT molecular complexity index is 1430. The second-order valence-corrected chi connectivity index (χ2v) is 7.32. The van der Waals surface area contributed by atoms with Crippen LogP contribution in [0.3, 0.4) is 0 Å². The smallest absolute Gasteiger partial charge is 0.343 e. The highest BCUT2D eigenvalue weighted by molar-refractivity contribution is 6.01. The second-order valence-electron chi connectivity index (χ2n) is 7.32. The van der Waals surface area contributed by atoms with Crippen LogP contribution in [0.15, 0.2) is 88.3 Å². The van der Waals surface area contributed by atoms with E-state index in [9.17, 15) is 28.4 Å². The van der Waals surface area contributed by atoms with Crippen molar-refractivity contribution in [3.8, 4) is 0 Å². The van der Waals surface area contributed by atoms with E-state index in [0.29, 0.717) is 10.8 Å². The van der Waals surface area contributed by atoms with Crippen LogP contribution in [0.5, 0.6) is 0 Å². The summed E-state index contributed by atoms with van der Waals surface area (Å²) in [6, 6.07) is 15.2. The average molecular weight is 464 g/mol. The Morgan fingerprint density at radius 2 is 1.53 bits per heavy atom. The van der Waals surface area contributed by atoms with E-state index in [4.69, 9.17) is 9.47 Å². The van der Waals surface area contributed by atoms with E-state index in [1.807, 2.05) is 0 Å². The van der Waals surface area contributed by atoms with E-state index in [0.717, 1.165) is 0 Å². The molecule has 0 fully saturated rings. The van der Waals surface area contributed by atoms with Crippen molar-refractivity contribution >= 4 is 17.7 Å². The Morgan fingerprint density at radius 1 is 0.941 bits per heavy atom. The van der Waals surface area contributed by atoms with E-state index in [-0.39, 0.29) is 15.7 Å². The van der Waals surface area contributed by atoms with Crippen LogP contribution in [0.1, 0.15) is 33.9 Å². The first kappa shape index (κ1) is 22.7. The highest BCUT2D eigenvalue weighted by atomic mass is 19.1.